The summed E-state index contributed by atoms with van der Waals surface area (Å²) in [6, 6.07) is 29.5. The quantitative estimate of drug-likeness (QED) is 0.291. The van der Waals surface area contributed by atoms with Gasteiger partial charge in [0.15, 0.2) is 0 Å². The molecule has 6 nitrogen and oxygen atoms in total. The third kappa shape index (κ3) is 7.35. The summed E-state index contributed by atoms with van der Waals surface area (Å²) in [5.74, 6) is -1.20. The third-order valence-electron chi connectivity index (χ3n) is 5.67. The number of carbonyl (C=O) groups is 3. The van der Waals surface area contributed by atoms with Crippen molar-refractivity contribution in [1.82, 2.24) is 10.6 Å². The van der Waals surface area contributed by atoms with Crippen LogP contribution < -0.4 is 16.0 Å². The molecule has 0 unspecified atom stereocenters. The number of hydrogen-bond acceptors (Lipinski definition) is 3. The van der Waals surface area contributed by atoms with E-state index in [1.54, 1.807) is 24.3 Å². The van der Waals surface area contributed by atoms with E-state index in [0.717, 1.165) is 16.7 Å². The standard InChI is InChI=1S/C30H26FN3O3/c31-26-14-10-25(11-15-26)30(37)34-27-16-12-24(13-17-27)29(36)33-19-18-32-28(35)20-21-6-8-23(9-7-21)22-4-2-1-3-5-22/h1-17H,18-20H2,(H,32,35)(H,33,36)(H,34,37). The minimum absolute atomic E-state index is 0.122. The van der Waals surface area contributed by atoms with Crippen molar-refractivity contribution in [3.8, 4) is 11.1 Å². The van der Waals surface area contributed by atoms with E-state index in [1.807, 2.05) is 54.6 Å². The molecule has 3 N–H and O–H groups in total. The zero-order valence-corrected chi connectivity index (χ0v) is 20.0. The van der Waals surface area contributed by atoms with Gasteiger partial charge in [-0.15, -0.1) is 0 Å². The first-order valence-electron chi connectivity index (χ1n) is 11.8. The molecule has 0 bridgehead atoms. The van der Waals surface area contributed by atoms with Crippen LogP contribution in [0.5, 0.6) is 0 Å². The van der Waals surface area contributed by atoms with Crippen LogP contribution in [0.4, 0.5) is 10.1 Å². The normalized spacial score (nSPS) is 10.4. The zero-order valence-electron chi connectivity index (χ0n) is 20.0. The number of benzene rings is 4. The number of amides is 3. The Morgan fingerprint density at radius 2 is 1.16 bits per heavy atom. The monoisotopic (exact) mass is 495 g/mol. The molecule has 0 saturated carbocycles. The minimum Gasteiger partial charge on any atom is -0.354 e. The molecule has 186 valence electrons. The van der Waals surface area contributed by atoms with Gasteiger partial charge in [0.2, 0.25) is 5.91 Å². The Morgan fingerprint density at radius 3 is 1.84 bits per heavy atom. The van der Waals surface area contributed by atoms with Crippen LogP contribution in [0.25, 0.3) is 11.1 Å². The van der Waals surface area contributed by atoms with Crippen molar-refractivity contribution in [2.24, 2.45) is 0 Å². The second-order valence-corrected chi connectivity index (χ2v) is 8.38. The number of rotatable bonds is 9. The van der Waals surface area contributed by atoms with Crippen molar-refractivity contribution in [2.75, 3.05) is 18.4 Å². The van der Waals surface area contributed by atoms with Gasteiger partial charge in [0.05, 0.1) is 6.42 Å². The van der Waals surface area contributed by atoms with Gasteiger partial charge in [-0.3, -0.25) is 14.4 Å². The summed E-state index contributed by atoms with van der Waals surface area (Å²) in [5, 5.41) is 8.27. The first-order chi connectivity index (χ1) is 18.0. The molecular formula is C30H26FN3O3. The van der Waals surface area contributed by atoms with E-state index in [1.165, 1.54) is 24.3 Å². The molecule has 0 aliphatic rings. The highest BCUT2D eigenvalue weighted by Gasteiger charge is 2.09. The molecule has 4 aromatic rings. The summed E-state index contributed by atoms with van der Waals surface area (Å²) in [6.45, 7) is 0.582. The Bertz CT molecular complexity index is 1350. The second kappa shape index (κ2) is 12.3. The first-order valence-corrected chi connectivity index (χ1v) is 11.8. The molecule has 0 atom stereocenters. The summed E-state index contributed by atoms with van der Waals surface area (Å²) in [6.07, 6.45) is 0.258. The van der Waals surface area contributed by atoms with Gasteiger partial charge < -0.3 is 16.0 Å². The Hall–Kier alpha value is -4.78. The lowest BCUT2D eigenvalue weighted by molar-refractivity contribution is -0.120. The number of halogens is 1. The fraction of sp³-hybridized carbons (Fsp3) is 0.100. The molecule has 0 aliphatic carbocycles. The van der Waals surface area contributed by atoms with Gasteiger partial charge in [-0.05, 0) is 65.2 Å². The Labute approximate surface area is 214 Å². The summed E-state index contributed by atoms with van der Waals surface area (Å²) in [4.78, 5) is 36.8. The van der Waals surface area contributed by atoms with E-state index < -0.39 is 5.82 Å². The van der Waals surface area contributed by atoms with Crippen LogP contribution in [-0.4, -0.2) is 30.8 Å². The molecule has 7 heteroatoms. The average Bonchev–Trinajstić information content (AvgIpc) is 2.92. The van der Waals surface area contributed by atoms with Crippen LogP contribution in [0, 0.1) is 5.82 Å². The van der Waals surface area contributed by atoms with Crippen molar-refractivity contribution in [3.63, 3.8) is 0 Å². The molecule has 0 aliphatic heterocycles. The highest BCUT2D eigenvalue weighted by atomic mass is 19.1. The lowest BCUT2D eigenvalue weighted by Crippen LogP contribution is -2.35. The van der Waals surface area contributed by atoms with Crippen molar-refractivity contribution in [1.29, 1.82) is 0 Å². The lowest BCUT2D eigenvalue weighted by Gasteiger charge is -2.09. The molecule has 3 amide bonds. The van der Waals surface area contributed by atoms with Crippen LogP contribution in [-0.2, 0) is 11.2 Å². The van der Waals surface area contributed by atoms with E-state index in [0.29, 0.717) is 23.4 Å². The Kier molecular flexibility index (Phi) is 8.39. The molecule has 4 aromatic carbocycles. The van der Waals surface area contributed by atoms with Gasteiger partial charge in [-0.25, -0.2) is 4.39 Å². The Morgan fingerprint density at radius 1 is 0.595 bits per heavy atom. The smallest absolute Gasteiger partial charge is 0.255 e. The number of anilines is 1. The predicted molar refractivity (Wildman–Crippen MR) is 142 cm³/mol. The van der Waals surface area contributed by atoms with Crippen LogP contribution in [0.15, 0.2) is 103 Å². The van der Waals surface area contributed by atoms with E-state index >= 15 is 0 Å². The molecule has 0 spiro atoms. The first kappa shape index (κ1) is 25.3. The molecule has 4 rings (SSSR count). The SMILES string of the molecule is O=C(Cc1ccc(-c2ccccc2)cc1)NCCNC(=O)c1ccc(NC(=O)c2ccc(F)cc2)cc1. The third-order valence-corrected chi connectivity index (χ3v) is 5.67. The van der Waals surface area contributed by atoms with E-state index in [2.05, 4.69) is 16.0 Å². The summed E-state index contributed by atoms with van der Waals surface area (Å²) in [7, 11) is 0. The van der Waals surface area contributed by atoms with Crippen molar-refractivity contribution in [2.45, 2.75) is 6.42 Å². The maximum absolute atomic E-state index is 13.0. The molecule has 0 heterocycles. The molecule has 37 heavy (non-hydrogen) atoms. The summed E-state index contributed by atoms with van der Waals surface area (Å²) < 4.78 is 13.0. The van der Waals surface area contributed by atoms with Gasteiger partial charge in [0, 0.05) is 29.9 Å². The fourth-order valence-electron chi connectivity index (χ4n) is 3.68. The lowest BCUT2D eigenvalue weighted by atomic mass is 10.0. The molecule has 0 saturated heterocycles. The van der Waals surface area contributed by atoms with Crippen LogP contribution in [0.3, 0.4) is 0 Å². The molecule has 0 radical (unpaired) electrons. The highest BCUT2D eigenvalue weighted by molar-refractivity contribution is 6.04. The van der Waals surface area contributed by atoms with Gasteiger partial charge in [0.1, 0.15) is 5.82 Å². The van der Waals surface area contributed by atoms with Crippen LogP contribution >= 0.6 is 0 Å². The predicted octanol–water partition coefficient (Wildman–Crippen LogP) is 4.83. The van der Waals surface area contributed by atoms with E-state index in [-0.39, 0.29) is 30.7 Å². The fourth-order valence-corrected chi connectivity index (χ4v) is 3.68. The van der Waals surface area contributed by atoms with Crippen LogP contribution in [0.1, 0.15) is 26.3 Å². The van der Waals surface area contributed by atoms with Crippen molar-refractivity contribution >= 4 is 23.4 Å². The average molecular weight is 496 g/mol. The maximum atomic E-state index is 13.0. The van der Waals surface area contributed by atoms with Gasteiger partial charge in [-0.2, -0.15) is 0 Å². The number of hydrogen-bond donors (Lipinski definition) is 3. The molecule has 0 aromatic heterocycles. The number of carbonyl (C=O) groups excluding carboxylic acids is 3. The minimum atomic E-state index is -0.416. The molecular weight excluding hydrogens is 469 g/mol. The molecule has 0 fully saturated rings. The Balaban J connectivity index is 1.17. The topological polar surface area (TPSA) is 87.3 Å². The number of nitrogens with one attached hydrogen (secondary N) is 3. The largest absolute Gasteiger partial charge is 0.354 e. The van der Waals surface area contributed by atoms with Crippen molar-refractivity contribution in [3.05, 3.63) is 126 Å². The van der Waals surface area contributed by atoms with Gasteiger partial charge >= 0.3 is 0 Å². The van der Waals surface area contributed by atoms with Gasteiger partial charge in [-0.1, -0.05) is 54.6 Å². The van der Waals surface area contributed by atoms with E-state index in [9.17, 15) is 18.8 Å². The maximum Gasteiger partial charge on any atom is 0.255 e. The second-order valence-electron chi connectivity index (χ2n) is 8.38. The zero-order chi connectivity index (χ0) is 26.0. The van der Waals surface area contributed by atoms with Crippen LogP contribution in [0.2, 0.25) is 0 Å². The van der Waals surface area contributed by atoms with Crippen molar-refractivity contribution < 1.29 is 18.8 Å². The highest BCUT2D eigenvalue weighted by Crippen LogP contribution is 2.19. The van der Waals surface area contributed by atoms with E-state index in [4.69, 9.17) is 0 Å². The summed E-state index contributed by atoms with van der Waals surface area (Å²) >= 11 is 0. The van der Waals surface area contributed by atoms with Gasteiger partial charge in [0.25, 0.3) is 11.8 Å². The summed E-state index contributed by atoms with van der Waals surface area (Å²) in [5.41, 5.74) is 4.39.